The van der Waals surface area contributed by atoms with Crippen LogP contribution in [0.15, 0.2) is 23.1 Å². The van der Waals surface area contributed by atoms with E-state index < -0.39 is 42.8 Å². The lowest BCUT2D eigenvalue weighted by Crippen LogP contribution is -2.38. The van der Waals surface area contributed by atoms with Crippen molar-refractivity contribution in [1.82, 2.24) is 4.72 Å². The number of nitrogens with one attached hydrogen (secondary N) is 2. The van der Waals surface area contributed by atoms with Crippen molar-refractivity contribution in [3.05, 3.63) is 24.0 Å². The first-order valence-electron chi connectivity index (χ1n) is 6.53. The molecule has 0 aliphatic carbocycles. The molecule has 1 atom stereocenters. The molecule has 8 nitrogen and oxygen atoms in total. The largest absolute Gasteiger partial charge is 0.480 e. The lowest BCUT2D eigenvalue weighted by atomic mass is 10.3. The molecule has 0 aliphatic heterocycles. The van der Waals surface area contributed by atoms with E-state index in [0.717, 1.165) is 19.1 Å². The predicted molar refractivity (Wildman–Crippen MR) is 81.5 cm³/mol. The van der Waals surface area contributed by atoms with Crippen LogP contribution in [-0.2, 0) is 24.8 Å². The fraction of sp³-hybridized carbons (Fsp3) is 0.417. The maximum atomic E-state index is 13.9. The quantitative estimate of drug-likeness (QED) is 0.620. The third kappa shape index (κ3) is 5.44. The molecule has 0 fully saturated rings. The number of hydrogen-bond acceptors (Lipinski definition) is 5. The molecule has 0 spiro atoms. The summed E-state index contributed by atoms with van der Waals surface area (Å²) in [7, 11) is -7.96. The first-order valence-corrected chi connectivity index (χ1v) is 9.67. The number of carbonyl (C=O) groups is 1. The number of aliphatic carboxylic acids is 1. The van der Waals surface area contributed by atoms with E-state index in [2.05, 4.69) is 0 Å². The molecule has 0 amide bonds. The number of sulfonamides is 2. The first-order chi connectivity index (χ1) is 10.5. The van der Waals surface area contributed by atoms with Crippen molar-refractivity contribution in [2.24, 2.45) is 0 Å². The Balaban J connectivity index is 3.06. The molecule has 0 saturated carbocycles. The van der Waals surface area contributed by atoms with Crippen LogP contribution in [0.25, 0.3) is 0 Å². The number of rotatable bonds is 8. The molecular formula is C12H17FN2O6S2. The Morgan fingerprint density at radius 2 is 1.91 bits per heavy atom. The van der Waals surface area contributed by atoms with Gasteiger partial charge in [-0.25, -0.2) is 21.2 Å². The van der Waals surface area contributed by atoms with Crippen molar-refractivity contribution in [2.45, 2.75) is 31.2 Å². The van der Waals surface area contributed by atoms with Gasteiger partial charge in [0.05, 0.1) is 16.3 Å². The molecule has 0 radical (unpaired) electrons. The Morgan fingerprint density at radius 3 is 2.39 bits per heavy atom. The second kappa shape index (κ2) is 7.23. The highest BCUT2D eigenvalue weighted by molar-refractivity contribution is 7.92. The van der Waals surface area contributed by atoms with Crippen molar-refractivity contribution >= 4 is 31.7 Å². The Labute approximate surface area is 133 Å². The Kier molecular flexibility index (Phi) is 6.08. The van der Waals surface area contributed by atoms with Crippen molar-refractivity contribution in [2.75, 3.05) is 10.5 Å². The molecule has 0 heterocycles. The van der Waals surface area contributed by atoms with Gasteiger partial charge in [0.25, 0.3) is 0 Å². The summed E-state index contributed by atoms with van der Waals surface area (Å²) in [6, 6.07) is 1.15. The van der Waals surface area contributed by atoms with E-state index in [-0.39, 0.29) is 11.4 Å². The van der Waals surface area contributed by atoms with Crippen LogP contribution in [0.5, 0.6) is 0 Å². The highest BCUT2D eigenvalue weighted by Crippen LogP contribution is 2.20. The van der Waals surface area contributed by atoms with E-state index in [9.17, 15) is 26.0 Å². The van der Waals surface area contributed by atoms with Gasteiger partial charge in [-0.05, 0) is 31.5 Å². The molecule has 1 rings (SSSR count). The summed E-state index contributed by atoms with van der Waals surface area (Å²) in [6.07, 6.45) is 0.334. The summed E-state index contributed by atoms with van der Waals surface area (Å²) in [5.41, 5.74) is -0.385. The van der Waals surface area contributed by atoms with Crippen LogP contribution in [0.1, 0.15) is 20.3 Å². The van der Waals surface area contributed by atoms with Gasteiger partial charge in [-0.1, -0.05) is 6.92 Å². The van der Waals surface area contributed by atoms with E-state index in [1.807, 2.05) is 9.44 Å². The van der Waals surface area contributed by atoms with Gasteiger partial charge < -0.3 is 5.11 Å². The van der Waals surface area contributed by atoms with Crippen LogP contribution in [0.4, 0.5) is 10.1 Å². The molecule has 23 heavy (non-hydrogen) atoms. The zero-order chi connectivity index (χ0) is 17.8. The molecule has 11 heteroatoms. The summed E-state index contributed by atoms with van der Waals surface area (Å²) in [5.74, 6) is -2.68. The topological polar surface area (TPSA) is 130 Å². The first kappa shape index (κ1) is 19.3. The van der Waals surface area contributed by atoms with Crippen LogP contribution in [0.3, 0.4) is 0 Å². The molecule has 0 saturated heterocycles. The number of benzene rings is 1. The van der Waals surface area contributed by atoms with E-state index in [1.54, 1.807) is 6.92 Å². The van der Waals surface area contributed by atoms with Gasteiger partial charge >= 0.3 is 5.97 Å². The molecule has 1 aromatic rings. The van der Waals surface area contributed by atoms with Crippen LogP contribution < -0.4 is 9.44 Å². The minimum absolute atomic E-state index is 0.204. The van der Waals surface area contributed by atoms with E-state index in [1.165, 1.54) is 0 Å². The summed E-state index contributed by atoms with van der Waals surface area (Å²) in [6.45, 7) is 2.75. The van der Waals surface area contributed by atoms with Gasteiger partial charge in [0.2, 0.25) is 20.0 Å². The van der Waals surface area contributed by atoms with Gasteiger partial charge in [-0.15, -0.1) is 0 Å². The smallest absolute Gasteiger partial charge is 0.321 e. The normalized spacial score (nSPS) is 13.5. The number of hydrogen-bond donors (Lipinski definition) is 3. The molecule has 0 bridgehead atoms. The molecule has 3 N–H and O–H groups in total. The summed E-state index contributed by atoms with van der Waals surface area (Å²) >= 11 is 0. The van der Waals surface area contributed by atoms with Crippen LogP contribution in [0, 0.1) is 5.82 Å². The number of carboxylic acids is 1. The fourth-order valence-corrected chi connectivity index (χ4v) is 3.93. The molecule has 0 unspecified atom stereocenters. The maximum absolute atomic E-state index is 13.9. The Hall–Kier alpha value is -1.72. The van der Waals surface area contributed by atoms with Gasteiger partial charge in [-0.2, -0.15) is 4.72 Å². The second-order valence-corrected chi connectivity index (χ2v) is 8.30. The standard InChI is InChI=1S/C12H17FN2O6S2/c1-3-6-22(18,19)15-11-5-4-9(7-10(11)13)23(20,21)14-8(2)12(16)17/h4-5,7-8,14-15H,3,6H2,1-2H3,(H,16,17)/t8-/m1/s1. The average molecular weight is 368 g/mol. The molecule has 130 valence electrons. The third-order valence-electron chi connectivity index (χ3n) is 2.69. The van der Waals surface area contributed by atoms with Crippen LogP contribution >= 0.6 is 0 Å². The summed E-state index contributed by atoms with van der Waals surface area (Å²) in [4.78, 5) is 10.2. The lowest BCUT2D eigenvalue weighted by molar-refractivity contribution is -0.138. The third-order valence-corrected chi connectivity index (χ3v) is 5.71. The van der Waals surface area contributed by atoms with Gasteiger partial charge in [-0.3, -0.25) is 9.52 Å². The molecule has 1 aromatic carbocycles. The highest BCUT2D eigenvalue weighted by Gasteiger charge is 2.23. The average Bonchev–Trinajstić information content (AvgIpc) is 2.40. The number of carboxylic acid groups (broad SMARTS) is 1. The molecule has 0 aliphatic rings. The highest BCUT2D eigenvalue weighted by atomic mass is 32.2. The molecular weight excluding hydrogens is 351 g/mol. The van der Waals surface area contributed by atoms with Gasteiger partial charge in [0.1, 0.15) is 11.9 Å². The van der Waals surface area contributed by atoms with E-state index in [0.29, 0.717) is 12.5 Å². The second-order valence-electron chi connectivity index (χ2n) is 4.74. The van der Waals surface area contributed by atoms with Crippen molar-refractivity contribution in [3.63, 3.8) is 0 Å². The van der Waals surface area contributed by atoms with Crippen LogP contribution in [-0.4, -0.2) is 39.7 Å². The van der Waals surface area contributed by atoms with Gasteiger partial charge in [0.15, 0.2) is 0 Å². The lowest BCUT2D eigenvalue weighted by Gasteiger charge is -2.12. The zero-order valence-electron chi connectivity index (χ0n) is 12.4. The minimum atomic E-state index is -4.25. The van der Waals surface area contributed by atoms with Crippen molar-refractivity contribution in [3.8, 4) is 0 Å². The predicted octanol–water partition coefficient (Wildman–Crippen LogP) is 0.729. The summed E-state index contributed by atoms with van der Waals surface area (Å²) in [5, 5.41) is 8.69. The maximum Gasteiger partial charge on any atom is 0.321 e. The number of halogens is 1. The van der Waals surface area contributed by atoms with E-state index >= 15 is 0 Å². The van der Waals surface area contributed by atoms with Crippen LogP contribution in [0.2, 0.25) is 0 Å². The minimum Gasteiger partial charge on any atom is -0.480 e. The van der Waals surface area contributed by atoms with Crippen molar-refractivity contribution in [1.29, 1.82) is 0 Å². The summed E-state index contributed by atoms with van der Waals surface area (Å²) < 4.78 is 64.8. The molecule has 0 aromatic heterocycles. The Morgan fingerprint density at radius 1 is 1.30 bits per heavy atom. The Bertz CT molecular complexity index is 792. The van der Waals surface area contributed by atoms with Crippen molar-refractivity contribution < 1.29 is 31.1 Å². The fourth-order valence-electron chi connectivity index (χ4n) is 1.58. The number of anilines is 1. The van der Waals surface area contributed by atoms with E-state index in [4.69, 9.17) is 5.11 Å². The zero-order valence-corrected chi connectivity index (χ0v) is 14.0. The monoisotopic (exact) mass is 368 g/mol. The SMILES string of the molecule is CCCS(=O)(=O)Nc1ccc(S(=O)(=O)N[C@H](C)C(=O)O)cc1F. The van der Waals surface area contributed by atoms with Gasteiger partial charge in [0, 0.05) is 0 Å².